The van der Waals surface area contributed by atoms with Crippen molar-refractivity contribution in [1.29, 1.82) is 0 Å². The van der Waals surface area contributed by atoms with Gasteiger partial charge in [0.25, 0.3) is 5.91 Å². The molecule has 0 heterocycles. The first-order valence-corrected chi connectivity index (χ1v) is 6.71. The fraction of sp³-hybridized carbons (Fsp3) is 0.467. The number of methoxy groups -OCH3 is 1. The predicted octanol–water partition coefficient (Wildman–Crippen LogP) is 2.16. The van der Waals surface area contributed by atoms with Crippen LogP contribution in [0.1, 0.15) is 37.0 Å². The van der Waals surface area contributed by atoms with E-state index in [1.54, 1.807) is 24.3 Å². The van der Waals surface area contributed by atoms with Crippen molar-refractivity contribution in [2.75, 3.05) is 13.7 Å². The van der Waals surface area contributed by atoms with Gasteiger partial charge in [-0.05, 0) is 25.0 Å². The Bertz CT molecular complexity index is 455. The number of hydrogen-bond acceptors (Lipinski definition) is 4. The normalized spacial score (nSPS) is 10.2. The van der Waals surface area contributed by atoms with Crippen LogP contribution in [-0.2, 0) is 9.53 Å². The van der Waals surface area contributed by atoms with Crippen molar-refractivity contribution in [3.63, 3.8) is 0 Å². The Morgan fingerprint density at radius 2 is 1.85 bits per heavy atom. The lowest BCUT2D eigenvalue weighted by molar-refractivity contribution is -0.123. The molecule has 1 N–H and O–H groups in total. The Morgan fingerprint density at radius 1 is 1.20 bits per heavy atom. The summed E-state index contributed by atoms with van der Waals surface area (Å²) in [4.78, 5) is 23.3. The third-order valence-electron chi connectivity index (χ3n) is 3.00. The number of para-hydroxylation sites is 1. The third-order valence-corrected chi connectivity index (χ3v) is 3.00. The first kappa shape index (κ1) is 16.0. The number of esters is 1. The van der Waals surface area contributed by atoms with E-state index in [1.165, 1.54) is 7.11 Å². The quantitative estimate of drug-likeness (QED) is 0.777. The Kier molecular flexibility index (Phi) is 6.56. The lowest BCUT2D eigenvalue weighted by atomic mass is 10.2. The Balaban J connectivity index is 2.61. The molecule has 0 radical (unpaired) electrons. The summed E-state index contributed by atoms with van der Waals surface area (Å²) < 4.78 is 10.1. The zero-order valence-corrected chi connectivity index (χ0v) is 12.1. The molecule has 0 aliphatic carbocycles. The van der Waals surface area contributed by atoms with Crippen LogP contribution < -0.4 is 10.1 Å². The van der Waals surface area contributed by atoms with Gasteiger partial charge in [-0.1, -0.05) is 26.0 Å². The molecule has 0 aliphatic rings. The minimum absolute atomic E-state index is 0.121. The van der Waals surface area contributed by atoms with E-state index in [4.69, 9.17) is 4.74 Å². The zero-order chi connectivity index (χ0) is 15.0. The molecule has 0 spiro atoms. The van der Waals surface area contributed by atoms with E-state index in [2.05, 4.69) is 10.1 Å². The van der Waals surface area contributed by atoms with Gasteiger partial charge in [-0.3, -0.25) is 4.79 Å². The maximum atomic E-state index is 11.7. The van der Waals surface area contributed by atoms with Crippen LogP contribution in [0.2, 0.25) is 0 Å². The van der Waals surface area contributed by atoms with Crippen molar-refractivity contribution in [1.82, 2.24) is 5.32 Å². The topological polar surface area (TPSA) is 64.6 Å². The van der Waals surface area contributed by atoms with Gasteiger partial charge in [-0.25, -0.2) is 4.79 Å². The highest BCUT2D eigenvalue weighted by atomic mass is 16.5. The second-order valence-corrected chi connectivity index (χ2v) is 4.36. The lowest BCUT2D eigenvalue weighted by Crippen LogP contribution is -2.37. The van der Waals surface area contributed by atoms with Gasteiger partial charge in [0.2, 0.25) is 0 Å². The lowest BCUT2D eigenvalue weighted by Gasteiger charge is -2.15. The minimum atomic E-state index is -0.485. The molecule has 0 fully saturated rings. The molecule has 20 heavy (non-hydrogen) atoms. The van der Waals surface area contributed by atoms with E-state index in [1.807, 2.05) is 13.8 Å². The number of carbonyl (C=O) groups excluding carboxylic acids is 2. The van der Waals surface area contributed by atoms with E-state index in [0.29, 0.717) is 11.3 Å². The summed E-state index contributed by atoms with van der Waals surface area (Å²) in [6.07, 6.45) is 1.75. The summed E-state index contributed by atoms with van der Waals surface area (Å²) in [7, 11) is 1.30. The van der Waals surface area contributed by atoms with Crippen LogP contribution in [0.5, 0.6) is 5.75 Å². The molecule has 5 heteroatoms. The van der Waals surface area contributed by atoms with Gasteiger partial charge in [0, 0.05) is 6.04 Å². The number of ether oxygens (including phenoxy) is 2. The largest absolute Gasteiger partial charge is 0.483 e. The molecule has 110 valence electrons. The molecule has 1 rings (SSSR count). The van der Waals surface area contributed by atoms with Crippen LogP contribution in [0.4, 0.5) is 0 Å². The van der Waals surface area contributed by atoms with Crippen LogP contribution in [0, 0.1) is 0 Å². The first-order valence-electron chi connectivity index (χ1n) is 6.71. The van der Waals surface area contributed by atoms with Crippen molar-refractivity contribution in [3.05, 3.63) is 29.8 Å². The second-order valence-electron chi connectivity index (χ2n) is 4.36. The standard InChI is InChI=1S/C15H21NO4/c1-4-11(5-2)16-14(17)10-20-13-9-7-6-8-12(13)15(18)19-3/h6-9,11H,4-5,10H2,1-3H3,(H,16,17). The summed E-state index contributed by atoms with van der Waals surface area (Å²) in [6.45, 7) is 3.91. The smallest absolute Gasteiger partial charge is 0.341 e. The summed E-state index contributed by atoms with van der Waals surface area (Å²) in [5, 5.41) is 2.87. The summed E-state index contributed by atoms with van der Waals surface area (Å²) in [5.41, 5.74) is 0.310. The fourth-order valence-electron chi connectivity index (χ4n) is 1.78. The molecule has 0 saturated heterocycles. The number of rotatable bonds is 7. The molecule has 0 aromatic heterocycles. The molecule has 0 aliphatic heterocycles. The van der Waals surface area contributed by atoms with Crippen molar-refractivity contribution < 1.29 is 19.1 Å². The fourth-order valence-corrected chi connectivity index (χ4v) is 1.78. The number of carbonyl (C=O) groups is 2. The molecule has 0 unspecified atom stereocenters. The number of amides is 1. The minimum Gasteiger partial charge on any atom is -0.483 e. The SMILES string of the molecule is CCC(CC)NC(=O)COc1ccccc1C(=O)OC. The van der Waals surface area contributed by atoms with Gasteiger partial charge in [0.05, 0.1) is 7.11 Å². The highest BCUT2D eigenvalue weighted by molar-refractivity contribution is 5.92. The Hall–Kier alpha value is -2.04. The van der Waals surface area contributed by atoms with E-state index in [0.717, 1.165) is 12.8 Å². The molecule has 1 aromatic rings. The summed E-state index contributed by atoms with van der Waals surface area (Å²) in [6, 6.07) is 6.84. The number of nitrogens with one attached hydrogen (secondary N) is 1. The highest BCUT2D eigenvalue weighted by Gasteiger charge is 2.14. The molecule has 0 bridgehead atoms. The van der Waals surface area contributed by atoms with E-state index >= 15 is 0 Å². The first-order chi connectivity index (χ1) is 9.62. The van der Waals surface area contributed by atoms with Crippen molar-refractivity contribution in [2.45, 2.75) is 32.7 Å². The monoisotopic (exact) mass is 279 g/mol. The maximum absolute atomic E-state index is 11.7. The average molecular weight is 279 g/mol. The van der Waals surface area contributed by atoms with Gasteiger partial charge in [-0.2, -0.15) is 0 Å². The maximum Gasteiger partial charge on any atom is 0.341 e. The molecule has 5 nitrogen and oxygen atoms in total. The van der Waals surface area contributed by atoms with Gasteiger partial charge in [0.15, 0.2) is 6.61 Å². The Labute approximate surface area is 119 Å². The number of benzene rings is 1. The van der Waals surface area contributed by atoms with Crippen LogP contribution in [0.3, 0.4) is 0 Å². The van der Waals surface area contributed by atoms with Crippen LogP contribution in [0.25, 0.3) is 0 Å². The van der Waals surface area contributed by atoms with Gasteiger partial charge in [0.1, 0.15) is 11.3 Å². The van der Waals surface area contributed by atoms with Crippen molar-refractivity contribution in [2.24, 2.45) is 0 Å². The summed E-state index contributed by atoms with van der Waals surface area (Å²) >= 11 is 0. The van der Waals surface area contributed by atoms with Gasteiger partial charge in [-0.15, -0.1) is 0 Å². The van der Waals surface area contributed by atoms with Crippen molar-refractivity contribution in [3.8, 4) is 5.75 Å². The molecule has 0 saturated carbocycles. The molecule has 0 atom stereocenters. The third kappa shape index (κ3) is 4.57. The van der Waals surface area contributed by atoms with Crippen LogP contribution >= 0.6 is 0 Å². The molecule has 1 aromatic carbocycles. The van der Waals surface area contributed by atoms with Crippen LogP contribution in [-0.4, -0.2) is 31.6 Å². The van der Waals surface area contributed by atoms with E-state index < -0.39 is 5.97 Å². The predicted molar refractivity (Wildman–Crippen MR) is 75.8 cm³/mol. The van der Waals surface area contributed by atoms with E-state index in [9.17, 15) is 9.59 Å². The van der Waals surface area contributed by atoms with Crippen molar-refractivity contribution >= 4 is 11.9 Å². The highest BCUT2D eigenvalue weighted by Crippen LogP contribution is 2.18. The molecular weight excluding hydrogens is 258 g/mol. The summed E-state index contributed by atoms with van der Waals surface area (Å²) in [5.74, 6) is -0.335. The number of hydrogen-bond donors (Lipinski definition) is 1. The zero-order valence-electron chi connectivity index (χ0n) is 12.1. The van der Waals surface area contributed by atoms with E-state index in [-0.39, 0.29) is 18.6 Å². The Morgan fingerprint density at radius 3 is 2.45 bits per heavy atom. The average Bonchev–Trinajstić information content (AvgIpc) is 2.50. The molecule has 1 amide bonds. The second kappa shape index (κ2) is 8.19. The van der Waals surface area contributed by atoms with Gasteiger partial charge >= 0.3 is 5.97 Å². The molecular formula is C15H21NO4. The van der Waals surface area contributed by atoms with Gasteiger partial charge < -0.3 is 14.8 Å². The van der Waals surface area contributed by atoms with Crippen LogP contribution in [0.15, 0.2) is 24.3 Å².